The van der Waals surface area contributed by atoms with Crippen molar-refractivity contribution in [1.82, 2.24) is 14.9 Å². The standard InChI is InChI=1S/C14H25N5O/c1-3-12-16-13(8-14(20)17-12)19-6-4-18(5-7-19)10-11(2)9-15/h8,11H,3-7,9-10,15H2,1-2H3,(H,16,17,20). The van der Waals surface area contributed by atoms with Gasteiger partial charge in [0.2, 0.25) is 0 Å². The van der Waals surface area contributed by atoms with Gasteiger partial charge < -0.3 is 15.6 Å². The summed E-state index contributed by atoms with van der Waals surface area (Å²) in [5, 5.41) is 0. The molecular weight excluding hydrogens is 254 g/mol. The van der Waals surface area contributed by atoms with Gasteiger partial charge in [0, 0.05) is 45.2 Å². The summed E-state index contributed by atoms with van der Waals surface area (Å²) < 4.78 is 0. The fourth-order valence-corrected chi connectivity index (χ4v) is 2.50. The van der Waals surface area contributed by atoms with Crippen molar-refractivity contribution in [3.63, 3.8) is 0 Å². The first-order chi connectivity index (χ1) is 9.62. The molecule has 1 aromatic heterocycles. The second-order valence-corrected chi connectivity index (χ2v) is 5.53. The maximum Gasteiger partial charge on any atom is 0.252 e. The van der Waals surface area contributed by atoms with E-state index in [4.69, 9.17) is 5.73 Å². The summed E-state index contributed by atoms with van der Waals surface area (Å²) in [6.45, 7) is 9.78. The molecule has 20 heavy (non-hydrogen) atoms. The number of piperazine rings is 1. The summed E-state index contributed by atoms with van der Waals surface area (Å²) in [4.78, 5) is 23.5. The highest BCUT2D eigenvalue weighted by molar-refractivity contribution is 5.38. The Morgan fingerprint density at radius 2 is 2.10 bits per heavy atom. The molecule has 6 nitrogen and oxygen atoms in total. The lowest BCUT2D eigenvalue weighted by Gasteiger charge is -2.36. The maximum atomic E-state index is 11.6. The monoisotopic (exact) mass is 279 g/mol. The third kappa shape index (κ3) is 3.80. The zero-order valence-electron chi connectivity index (χ0n) is 12.4. The molecule has 0 radical (unpaired) electrons. The molecule has 112 valence electrons. The van der Waals surface area contributed by atoms with E-state index in [1.54, 1.807) is 6.07 Å². The summed E-state index contributed by atoms with van der Waals surface area (Å²) in [7, 11) is 0. The number of nitrogens with zero attached hydrogens (tertiary/aromatic N) is 3. The molecular formula is C14H25N5O. The van der Waals surface area contributed by atoms with Crippen molar-refractivity contribution in [3.8, 4) is 0 Å². The summed E-state index contributed by atoms with van der Waals surface area (Å²) >= 11 is 0. The van der Waals surface area contributed by atoms with Crippen molar-refractivity contribution >= 4 is 5.82 Å². The van der Waals surface area contributed by atoms with Gasteiger partial charge in [0.15, 0.2) is 0 Å². The minimum atomic E-state index is -0.0639. The van der Waals surface area contributed by atoms with Crippen molar-refractivity contribution < 1.29 is 0 Å². The first-order valence-corrected chi connectivity index (χ1v) is 7.40. The van der Waals surface area contributed by atoms with Crippen LogP contribution in [0, 0.1) is 5.92 Å². The van der Waals surface area contributed by atoms with Crippen molar-refractivity contribution in [1.29, 1.82) is 0 Å². The highest BCUT2D eigenvalue weighted by Gasteiger charge is 2.19. The normalized spacial score (nSPS) is 18.2. The number of nitrogens with two attached hydrogens (primary N) is 1. The summed E-state index contributed by atoms with van der Waals surface area (Å²) in [6.07, 6.45) is 0.747. The second-order valence-electron chi connectivity index (χ2n) is 5.53. The van der Waals surface area contributed by atoms with Gasteiger partial charge in [0.25, 0.3) is 5.56 Å². The van der Waals surface area contributed by atoms with Gasteiger partial charge in [-0.15, -0.1) is 0 Å². The summed E-state index contributed by atoms with van der Waals surface area (Å²) in [5.74, 6) is 2.09. The SMILES string of the molecule is CCc1nc(N2CCN(CC(C)CN)CC2)cc(=O)[nH]1. The van der Waals surface area contributed by atoms with Crippen LogP contribution in [0.4, 0.5) is 5.82 Å². The summed E-state index contributed by atoms with van der Waals surface area (Å²) in [5.41, 5.74) is 5.61. The molecule has 1 saturated heterocycles. The van der Waals surface area contributed by atoms with E-state index < -0.39 is 0 Å². The minimum Gasteiger partial charge on any atom is -0.354 e. The van der Waals surface area contributed by atoms with Crippen LogP contribution in [0.2, 0.25) is 0 Å². The maximum absolute atomic E-state index is 11.6. The molecule has 1 atom stereocenters. The first kappa shape index (κ1) is 15.0. The molecule has 1 unspecified atom stereocenters. The van der Waals surface area contributed by atoms with Gasteiger partial charge in [-0.3, -0.25) is 9.69 Å². The first-order valence-electron chi connectivity index (χ1n) is 7.40. The van der Waals surface area contributed by atoms with E-state index in [-0.39, 0.29) is 5.56 Å². The largest absolute Gasteiger partial charge is 0.354 e. The Labute approximate surface area is 120 Å². The van der Waals surface area contributed by atoms with E-state index in [2.05, 4.69) is 26.7 Å². The lowest BCUT2D eigenvalue weighted by molar-refractivity contribution is 0.226. The van der Waals surface area contributed by atoms with E-state index in [9.17, 15) is 4.79 Å². The van der Waals surface area contributed by atoms with E-state index in [1.165, 1.54) is 0 Å². The Bertz CT molecular complexity index is 479. The van der Waals surface area contributed by atoms with Gasteiger partial charge in [-0.1, -0.05) is 13.8 Å². The van der Waals surface area contributed by atoms with Crippen LogP contribution in [-0.2, 0) is 6.42 Å². The molecule has 3 N–H and O–H groups in total. The number of aromatic nitrogens is 2. The molecule has 1 aromatic rings. The topological polar surface area (TPSA) is 78.2 Å². The van der Waals surface area contributed by atoms with Gasteiger partial charge >= 0.3 is 0 Å². The average molecular weight is 279 g/mol. The molecule has 2 heterocycles. The van der Waals surface area contributed by atoms with Crippen molar-refractivity contribution in [2.24, 2.45) is 11.7 Å². The quantitative estimate of drug-likeness (QED) is 0.796. The molecule has 6 heteroatoms. The highest BCUT2D eigenvalue weighted by atomic mass is 16.1. The van der Waals surface area contributed by atoms with Crippen LogP contribution >= 0.6 is 0 Å². The molecule has 0 bridgehead atoms. The molecule has 0 amide bonds. The van der Waals surface area contributed by atoms with Crippen molar-refractivity contribution in [2.45, 2.75) is 20.3 Å². The Hall–Kier alpha value is -1.40. The fraction of sp³-hybridized carbons (Fsp3) is 0.714. The third-order valence-corrected chi connectivity index (χ3v) is 3.78. The van der Waals surface area contributed by atoms with Crippen molar-refractivity contribution in [2.75, 3.05) is 44.2 Å². The van der Waals surface area contributed by atoms with Crippen LogP contribution in [0.1, 0.15) is 19.7 Å². The zero-order chi connectivity index (χ0) is 14.5. The van der Waals surface area contributed by atoms with Crippen LogP contribution in [0.5, 0.6) is 0 Å². The lowest BCUT2D eigenvalue weighted by Crippen LogP contribution is -2.48. The van der Waals surface area contributed by atoms with E-state index in [1.807, 2.05) is 6.92 Å². The molecule has 0 aromatic carbocycles. The van der Waals surface area contributed by atoms with E-state index >= 15 is 0 Å². The number of nitrogens with one attached hydrogen (secondary N) is 1. The van der Waals surface area contributed by atoms with Gasteiger partial charge in [-0.05, 0) is 12.5 Å². The minimum absolute atomic E-state index is 0.0639. The zero-order valence-corrected chi connectivity index (χ0v) is 12.4. The number of anilines is 1. The van der Waals surface area contributed by atoms with E-state index in [0.29, 0.717) is 5.92 Å². The number of rotatable bonds is 5. The average Bonchev–Trinajstić information content (AvgIpc) is 2.47. The number of hydrogen-bond donors (Lipinski definition) is 2. The molecule has 1 aliphatic rings. The smallest absolute Gasteiger partial charge is 0.252 e. The van der Waals surface area contributed by atoms with Crippen LogP contribution < -0.4 is 16.2 Å². The predicted octanol–water partition coefficient (Wildman–Crippen LogP) is 0.0491. The van der Waals surface area contributed by atoms with Gasteiger partial charge in [-0.25, -0.2) is 4.98 Å². The number of aromatic amines is 1. The van der Waals surface area contributed by atoms with Crippen LogP contribution in [-0.4, -0.2) is 54.1 Å². The van der Waals surface area contributed by atoms with Crippen LogP contribution in [0.15, 0.2) is 10.9 Å². The van der Waals surface area contributed by atoms with Crippen molar-refractivity contribution in [3.05, 3.63) is 22.2 Å². The predicted molar refractivity (Wildman–Crippen MR) is 81.1 cm³/mol. The van der Waals surface area contributed by atoms with Crippen LogP contribution in [0.25, 0.3) is 0 Å². The lowest BCUT2D eigenvalue weighted by atomic mass is 10.1. The molecule has 1 aliphatic heterocycles. The Morgan fingerprint density at radius 3 is 2.70 bits per heavy atom. The Balaban J connectivity index is 1.96. The molecule has 1 fully saturated rings. The molecule has 0 saturated carbocycles. The third-order valence-electron chi connectivity index (χ3n) is 3.78. The van der Waals surface area contributed by atoms with Gasteiger partial charge in [0.05, 0.1) is 0 Å². The molecule has 0 spiro atoms. The fourth-order valence-electron chi connectivity index (χ4n) is 2.50. The number of aryl methyl sites for hydroxylation is 1. The number of hydrogen-bond acceptors (Lipinski definition) is 5. The molecule has 2 rings (SSSR count). The Kier molecular flexibility index (Phi) is 5.14. The Morgan fingerprint density at radius 1 is 1.40 bits per heavy atom. The van der Waals surface area contributed by atoms with E-state index in [0.717, 1.165) is 57.3 Å². The highest BCUT2D eigenvalue weighted by Crippen LogP contribution is 2.12. The summed E-state index contributed by atoms with van der Waals surface area (Å²) in [6, 6.07) is 1.59. The number of H-pyrrole nitrogens is 1. The second kappa shape index (κ2) is 6.85. The van der Waals surface area contributed by atoms with Crippen LogP contribution in [0.3, 0.4) is 0 Å². The van der Waals surface area contributed by atoms with Gasteiger partial charge in [0.1, 0.15) is 11.6 Å². The molecule has 0 aliphatic carbocycles. The van der Waals surface area contributed by atoms with Gasteiger partial charge in [-0.2, -0.15) is 0 Å².